The van der Waals surface area contributed by atoms with E-state index in [1.165, 1.54) is 18.2 Å². The van der Waals surface area contributed by atoms with Crippen molar-refractivity contribution in [3.63, 3.8) is 0 Å². The number of rotatable bonds is 3. The third kappa shape index (κ3) is 3.64. The van der Waals surface area contributed by atoms with E-state index < -0.39 is 17.2 Å². The van der Waals surface area contributed by atoms with Crippen LogP contribution >= 0.6 is 23.2 Å². The summed E-state index contributed by atoms with van der Waals surface area (Å²) in [5, 5.41) is 18.0. The minimum atomic E-state index is -1.15. The molecular weight excluding hydrogens is 483 g/mol. The van der Waals surface area contributed by atoms with Gasteiger partial charge in [-0.25, -0.2) is 13.8 Å². The molecule has 0 unspecified atom stereocenters. The van der Waals surface area contributed by atoms with Gasteiger partial charge in [0.05, 0.1) is 21.0 Å². The number of nitriles is 1. The van der Waals surface area contributed by atoms with Gasteiger partial charge in [0.1, 0.15) is 23.4 Å². The molecule has 1 fully saturated rings. The molecule has 5 rings (SSSR count). The highest BCUT2D eigenvalue weighted by atomic mass is 35.5. The molecule has 34 heavy (non-hydrogen) atoms. The van der Waals surface area contributed by atoms with E-state index in [1.54, 1.807) is 18.2 Å². The zero-order chi connectivity index (χ0) is 24.0. The molecular formula is C23H17Cl2F2N7. The third-order valence-electron chi connectivity index (χ3n) is 6.12. The van der Waals surface area contributed by atoms with Gasteiger partial charge in [-0.2, -0.15) is 15.3 Å². The SMILES string of the molecule is N#Cc1nc(N2CCC(N)(c3c(F)cccc3F)CC2)nc2[nH]nc(-c3cccc(Cl)c3Cl)c12. The molecule has 1 aliphatic rings. The van der Waals surface area contributed by atoms with Gasteiger partial charge in [0, 0.05) is 24.2 Å². The lowest BCUT2D eigenvalue weighted by molar-refractivity contribution is 0.315. The monoisotopic (exact) mass is 499 g/mol. The first-order chi connectivity index (χ1) is 16.3. The molecule has 0 radical (unpaired) electrons. The minimum Gasteiger partial charge on any atom is -0.341 e. The van der Waals surface area contributed by atoms with E-state index in [9.17, 15) is 14.0 Å². The molecule has 3 N–H and O–H groups in total. The first kappa shape index (κ1) is 22.5. The van der Waals surface area contributed by atoms with Gasteiger partial charge >= 0.3 is 0 Å². The summed E-state index contributed by atoms with van der Waals surface area (Å²) >= 11 is 12.5. The van der Waals surface area contributed by atoms with Gasteiger partial charge in [-0.1, -0.05) is 41.4 Å². The number of aromatic nitrogens is 4. The van der Waals surface area contributed by atoms with Crippen molar-refractivity contribution in [1.82, 2.24) is 20.2 Å². The number of fused-ring (bicyclic) bond motifs is 1. The molecule has 2 aromatic heterocycles. The maximum absolute atomic E-state index is 14.3. The zero-order valence-corrected chi connectivity index (χ0v) is 19.1. The molecule has 1 aliphatic heterocycles. The quantitative estimate of drug-likeness (QED) is 0.413. The molecule has 0 bridgehead atoms. The van der Waals surface area contributed by atoms with Gasteiger partial charge in [0.15, 0.2) is 11.3 Å². The second-order valence-corrected chi connectivity index (χ2v) is 8.91. The van der Waals surface area contributed by atoms with E-state index in [-0.39, 0.29) is 24.1 Å². The van der Waals surface area contributed by atoms with Crippen LogP contribution in [0, 0.1) is 23.0 Å². The van der Waals surface area contributed by atoms with Crippen molar-refractivity contribution in [1.29, 1.82) is 5.26 Å². The van der Waals surface area contributed by atoms with E-state index in [0.717, 1.165) is 0 Å². The van der Waals surface area contributed by atoms with E-state index >= 15 is 0 Å². The smallest absolute Gasteiger partial charge is 0.228 e. The molecule has 0 saturated carbocycles. The van der Waals surface area contributed by atoms with Gasteiger partial charge in [0.25, 0.3) is 0 Å². The first-order valence-electron chi connectivity index (χ1n) is 10.4. The number of hydrogen-bond donors (Lipinski definition) is 2. The Labute approximate surface area is 203 Å². The summed E-state index contributed by atoms with van der Waals surface area (Å²) in [6.07, 6.45) is 0.557. The van der Waals surface area contributed by atoms with Gasteiger partial charge in [0.2, 0.25) is 5.95 Å². The number of aromatic amines is 1. The summed E-state index contributed by atoms with van der Waals surface area (Å²) in [7, 11) is 0. The van der Waals surface area contributed by atoms with Crippen molar-refractivity contribution < 1.29 is 8.78 Å². The third-order valence-corrected chi connectivity index (χ3v) is 6.94. The molecule has 0 aliphatic carbocycles. The van der Waals surface area contributed by atoms with E-state index in [4.69, 9.17) is 28.9 Å². The number of nitrogens with zero attached hydrogens (tertiary/aromatic N) is 5. The van der Waals surface area contributed by atoms with Crippen LogP contribution in [0.2, 0.25) is 10.0 Å². The Morgan fingerprint density at radius 2 is 1.74 bits per heavy atom. The van der Waals surface area contributed by atoms with Crippen molar-refractivity contribution in [2.75, 3.05) is 18.0 Å². The summed E-state index contributed by atoms with van der Waals surface area (Å²) in [6.45, 7) is 0.698. The number of piperidine rings is 1. The van der Waals surface area contributed by atoms with Crippen LogP contribution in [0.1, 0.15) is 24.1 Å². The standard InChI is InChI=1S/C23H17Cl2F2N7/c24-13-4-1-3-12(19(13)25)20-17-16(11-28)30-22(31-21(17)33-32-20)34-9-7-23(29,8-10-34)18-14(26)5-2-6-15(18)27/h1-6H,7-10,29H2,(H,30,31,32,33). The highest BCUT2D eigenvalue weighted by Crippen LogP contribution is 2.38. The molecule has 3 heterocycles. The Morgan fingerprint density at radius 1 is 1.06 bits per heavy atom. The maximum atomic E-state index is 14.3. The largest absolute Gasteiger partial charge is 0.341 e. The number of benzene rings is 2. The van der Waals surface area contributed by atoms with Gasteiger partial charge in [-0.3, -0.25) is 5.10 Å². The summed E-state index contributed by atoms with van der Waals surface area (Å²) in [6, 6.07) is 11.0. The average Bonchev–Trinajstić information content (AvgIpc) is 3.24. The second-order valence-electron chi connectivity index (χ2n) is 8.12. The van der Waals surface area contributed by atoms with Crippen molar-refractivity contribution in [2.45, 2.75) is 18.4 Å². The minimum absolute atomic E-state index is 0.111. The number of H-pyrrole nitrogens is 1. The van der Waals surface area contributed by atoms with Crippen LogP contribution in [0.25, 0.3) is 22.3 Å². The van der Waals surface area contributed by atoms with Crippen LogP contribution in [0.15, 0.2) is 36.4 Å². The van der Waals surface area contributed by atoms with Crippen LogP contribution < -0.4 is 10.6 Å². The average molecular weight is 500 g/mol. The van der Waals surface area contributed by atoms with Crippen molar-refractivity contribution in [3.8, 4) is 17.3 Å². The molecule has 7 nitrogen and oxygen atoms in total. The molecule has 0 atom stereocenters. The zero-order valence-electron chi connectivity index (χ0n) is 17.6. The topological polar surface area (TPSA) is 108 Å². The van der Waals surface area contributed by atoms with E-state index in [0.29, 0.717) is 51.4 Å². The lowest BCUT2D eigenvalue weighted by Crippen LogP contribution is -2.49. The maximum Gasteiger partial charge on any atom is 0.228 e. The molecule has 172 valence electrons. The molecule has 11 heteroatoms. The van der Waals surface area contributed by atoms with Crippen LogP contribution in [0.5, 0.6) is 0 Å². The number of anilines is 1. The van der Waals surface area contributed by atoms with E-state index in [1.807, 2.05) is 4.90 Å². The Morgan fingerprint density at radius 3 is 2.41 bits per heavy atom. The summed E-state index contributed by atoms with van der Waals surface area (Å²) < 4.78 is 28.7. The summed E-state index contributed by atoms with van der Waals surface area (Å²) in [5.74, 6) is -1.03. The Bertz CT molecular complexity index is 1440. The predicted molar refractivity (Wildman–Crippen MR) is 126 cm³/mol. The van der Waals surface area contributed by atoms with Crippen molar-refractivity contribution in [2.24, 2.45) is 5.73 Å². The Balaban J connectivity index is 1.48. The van der Waals surface area contributed by atoms with Gasteiger partial charge < -0.3 is 10.6 Å². The number of nitrogens with two attached hydrogens (primary N) is 1. The highest BCUT2D eigenvalue weighted by molar-refractivity contribution is 6.43. The molecule has 0 spiro atoms. The van der Waals surface area contributed by atoms with Crippen molar-refractivity contribution in [3.05, 3.63) is 69.3 Å². The normalized spacial score (nSPS) is 15.5. The summed E-state index contributed by atoms with van der Waals surface area (Å²) in [4.78, 5) is 10.8. The second kappa shape index (κ2) is 8.47. The fourth-order valence-corrected chi connectivity index (χ4v) is 4.74. The molecule has 2 aromatic carbocycles. The Kier molecular flexibility index (Phi) is 5.60. The van der Waals surface area contributed by atoms with E-state index in [2.05, 4.69) is 26.2 Å². The van der Waals surface area contributed by atoms with Crippen LogP contribution in [-0.4, -0.2) is 33.3 Å². The number of nitrogens with one attached hydrogen (secondary N) is 1. The number of hydrogen-bond acceptors (Lipinski definition) is 6. The molecule has 0 amide bonds. The lowest BCUT2D eigenvalue weighted by atomic mass is 9.81. The molecule has 4 aromatic rings. The molecule has 1 saturated heterocycles. The fraction of sp³-hybridized carbons (Fsp3) is 0.217. The fourth-order valence-electron chi connectivity index (χ4n) is 4.35. The number of halogens is 4. The summed E-state index contributed by atoms with van der Waals surface area (Å²) in [5.41, 5.74) is 6.60. The Hall–Kier alpha value is -3.32. The predicted octanol–water partition coefficient (Wildman–Crippen LogP) is 4.93. The van der Waals surface area contributed by atoms with Crippen LogP contribution in [0.4, 0.5) is 14.7 Å². The van der Waals surface area contributed by atoms with Gasteiger partial charge in [-0.15, -0.1) is 0 Å². The van der Waals surface area contributed by atoms with Crippen molar-refractivity contribution >= 4 is 40.2 Å². The lowest BCUT2D eigenvalue weighted by Gasteiger charge is -2.39. The highest BCUT2D eigenvalue weighted by Gasteiger charge is 2.37. The van der Waals surface area contributed by atoms with Gasteiger partial charge in [-0.05, 0) is 31.0 Å². The van der Waals surface area contributed by atoms with Crippen LogP contribution in [0.3, 0.4) is 0 Å². The van der Waals surface area contributed by atoms with Crippen LogP contribution in [-0.2, 0) is 5.54 Å². The first-order valence-corrected chi connectivity index (χ1v) is 11.2.